The van der Waals surface area contributed by atoms with E-state index in [1.165, 1.54) is 24.6 Å². The fraction of sp³-hybridized carbons (Fsp3) is 0.412. The number of rotatable bonds is 3. The van der Waals surface area contributed by atoms with E-state index in [1.54, 1.807) is 12.3 Å². The Hall–Kier alpha value is -1.97. The molecule has 4 rings (SSSR count). The van der Waals surface area contributed by atoms with E-state index in [9.17, 15) is 4.39 Å². The van der Waals surface area contributed by atoms with Crippen LogP contribution >= 0.6 is 0 Å². The van der Waals surface area contributed by atoms with Crippen molar-refractivity contribution in [1.29, 1.82) is 0 Å². The second-order valence-corrected chi connectivity index (χ2v) is 6.52. The Morgan fingerprint density at radius 3 is 2.67 bits per heavy atom. The predicted octanol–water partition coefficient (Wildman–Crippen LogP) is 3.07. The van der Waals surface area contributed by atoms with Crippen LogP contribution in [0.2, 0.25) is 0 Å². The topological polar surface area (TPSA) is 29.0 Å². The van der Waals surface area contributed by atoms with Crippen molar-refractivity contribution in [2.45, 2.75) is 19.3 Å². The minimum atomic E-state index is -0.210. The molecule has 4 heteroatoms. The molecule has 0 aromatic carbocycles. The molecule has 1 saturated carbocycles. The van der Waals surface area contributed by atoms with Gasteiger partial charge in [0.25, 0.3) is 0 Å². The summed E-state index contributed by atoms with van der Waals surface area (Å²) in [4.78, 5) is 10.1. The first-order chi connectivity index (χ1) is 10.2. The number of aromatic nitrogens is 2. The van der Waals surface area contributed by atoms with Crippen LogP contribution in [-0.4, -0.2) is 23.1 Å². The van der Waals surface area contributed by atoms with Gasteiger partial charge >= 0.3 is 0 Å². The first-order valence-corrected chi connectivity index (χ1v) is 7.48. The Morgan fingerprint density at radius 2 is 1.95 bits per heavy atom. The molecule has 3 nitrogen and oxygen atoms in total. The van der Waals surface area contributed by atoms with Gasteiger partial charge in [0.2, 0.25) is 0 Å². The van der Waals surface area contributed by atoms with E-state index in [0.717, 1.165) is 25.4 Å². The third kappa shape index (κ3) is 2.28. The fourth-order valence-electron chi connectivity index (χ4n) is 3.98. The van der Waals surface area contributed by atoms with E-state index in [-0.39, 0.29) is 5.82 Å². The number of nitrogens with zero attached hydrogens (tertiary/aromatic N) is 3. The Bertz CT molecular complexity index is 629. The van der Waals surface area contributed by atoms with Crippen molar-refractivity contribution in [1.82, 2.24) is 9.97 Å². The number of pyridine rings is 2. The Kier molecular flexibility index (Phi) is 2.91. The molecule has 21 heavy (non-hydrogen) atoms. The molecular weight excluding hydrogens is 265 g/mol. The summed E-state index contributed by atoms with van der Waals surface area (Å²) >= 11 is 0. The largest absolute Gasteiger partial charge is 0.368 e. The van der Waals surface area contributed by atoms with Crippen LogP contribution in [0.25, 0.3) is 0 Å². The van der Waals surface area contributed by atoms with Crippen molar-refractivity contribution < 1.29 is 4.39 Å². The molecule has 2 fully saturated rings. The molecule has 108 valence electrons. The van der Waals surface area contributed by atoms with Crippen LogP contribution in [0.4, 0.5) is 10.1 Å². The van der Waals surface area contributed by atoms with E-state index in [1.807, 2.05) is 18.5 Å². The summed E-state index contributed by atoms with van der Waals surface area (Å²) in [6, 6.07) is 5.92. The molecule has 2 aliphatic rings. The second-order valence-electron chi connectivity index (χ2n) is 6.52. The summed E-state index contributed by atoms with van der Waals surface area (Å²) in [6.07, 6.45) is 10.4. The van der Waals surface area contributed by atoms with Crippen LogP contribution in [0, 0.1) is 17.2 Å². The summed E-state index contributed by atoms with van der Waals surface area (Å²) in [6.45, 7) is 1.97. The lowest BCUT2D eigenvalue weighted by molar-refractivity contribution is 0.0235. The predicted molar refractivity (Wildman–Crippen MR) is 79.5 cm³/mol. The van der Waals surface area contributed by atoms with Gasteiger partial charge in [0.05, 0.1) is 11.9 Å². The van der Waals surface area contributed by atoms with Crippen LogP contribution in [0.5, 0.6) is 0 Å². The average molecular weight is 283 g/mol. The van der Waals surface area contributed by atoms with E-state index in [2.05, 4.69) is 20.9 Å². The Morgan fingerprint density at radius 1 is 1.14 bits per heavy atom. The molecular formula is C17H18FN3. The molecule has 0 atom stereocenters. The van der Waals surface area contributed by atoms with Crippen LogP contribution < -0.4 is 4.90 Å². The van der Waals surface area contributed by atoms with Crippen molar-refractivity contribution >= 4 is 5.69 Å². The van der Waals surface area contributed by atoms with E-state index < -0.39 is 0 Å². The van der Waals surface area contributed by atoms with Gasteiger partial charge in [-0.1, -0.05) is 6.07 Å². The molecule has 1 saturated heterocycles. The SMILES string of the molecule is Fc1cnccc1N1CC2(CC(Cc3cccnc3)C2)C1. The first-order valence-electron chi connectivity index (χ1n) is 7.48. The molecule has 0 N–H and O–H groups in total. The molecule has 0 amide bonds. The van der Waals surface area contributed by atoms with Gasteiger partial charge in [-0.3, -0.25) is 9.97 Å². The standard InChI is InChI=1S/C17H18FN3/c18-15-10-20-5-3-16(15)21-11-17(12-21)7-14(8-17)6-13-2-1-4-19-9-13/h1-5,9-10,14H,6-8,11-12H2. The lowest BCUT2D eigenvalue weighted by Gasteiger charge is -2.60. The minimum absolute atomic E-state index is 0.210. The summed E-state index contributed by atoms with van der Waals surface area (Å²) in [7, 11) is 0. The zero-order chi connectivity index (χ0) is 14.3. The lowest BCUT2D eigenvalue weighted by atomic mass is 9.56. The van der Waals surface area contributed by atoms with E-state index in [4.69, 9.17) is 0 Å². The van der Waals surface area contributed by atoms with Gasteiger partial charge in [-0.25, -0.2) is 4.39 Å². The normalized spacial score (nSPS) is 20.1. The molecule has 1 spiro atoms. The molecule has 0 unspecified atom stereocenters. The monoisotopic (exact) mass is 283 g/mol. The Balaban J connectivity index is 1.32. The smallest absolute Gasteiger partial charge is 0.164 e. The third-order valence-corrected chi connectivity index (χ3v) is 4.83. The van der Waals surface area contributed by atoms with Crippen molar-refractivity contribution in [3.8, 4) is 0 Å². The van der Waals surface area contributed by atoms with E-state index >= 15 is 0 Å². The van der Waals surface area contributed by atoms with Crippen LogP contribution in [0.15, 0.2) is 43.0 Å². The molecule has 3 heterocycles. The fourth-order valence-corrected chi connectivity index (χ4v) is 3.98. The van der Waals surface area contributed by atoms with Gasteiger partial charge < -0.3 is 4.90 Å². The van der Waals surface area contributed by atoms with Crippen molar-refractivity contribution in [3.05, 3.63) is 54.4 Å². The number of halogens is 1. The molecule has 2 aromatic rings. The number of hydrogen-bond acceptors (Lipinski definition) is 3. The molecule has 2 aromatic heterocycles. The summed E-state index contributed by atoms with van der Waals surface area (Å²) in [5, 5.41) is 0. The molecule has 0 bridgehead atoms. The van der Waals surface area contributed by atoms with Crippen molar-refractivity contribution in [3.63, 3.8) is 0 Å². The van der Waals surface area contributed by atoms with E-state index in [0.29, 0.717) is 11.1 Å². The van der Waals surface area contributed by atoms with Crippen LogP contribution in [0.3, 0.4) is 0 Å². The highest BCUT2D eigenvalue weighted by Gasteiger charge is 2.52. The average Bonchev–Trinajstić information content (AvgIpc) is 2.42. The lowest BCUT2D eigenvalue weighted by Crippen LogP contribution is -2.62. The highest BCUT2D eigenvalue weighted by Crippen LogP contribution is 2.53. The maximum Gasteiger partial charge on any atom is 0.164 e. The third-order valence-electron chi connectivity index (χ3n) is 4.83. The summed E-state index contributed by atoms with van der Waals surface area (Å²) in [5.41, 5.74) is 2.46. The van der Waals surface area contributed by atoms with Gasteiger partial charge in [-0.2, -0.15) is 0 Å². The zero-order valence-corrected chi connectivity index (χ0v) is 11.9. The summed E-state index contributed by atoms with van der Waals surface area (Å²) in [5.74, 6) is 0.553. The number of anilines is 1. The quantitative estimate of drug-likeness (QED) is 0.867. The van der Waals surface area contributed by atoms with Gasteiger partial charge in [0, 0.05) is 37.1 Å². The molecule has 1 aliphatic carbocycles. The van der Waals surface area contributed by atoms with Crippen LogP contribution in [-0.2, 0) is 6.42 Å². The molecule has 1 aliphatic heterocycles. The second kappa shape index (κ2) is 4.79. The number of hydrogen-bond donors (Lipinski definition) is 0. The van der Waals surface area contributed by atoms with Crippen molar-refractivity contribution in [2.75, 3.05) is 18.0 Å². The van der Waals surface area contributed by atoms with Gasteiger partial charge in [-0.05, 0) is 42.9 Å². The Labute approximate surface area is 123 Å². The highest BCUT2D eigenvalue weighted by atomic mass is 19.1. The van der Waals surface area contributed by atoms with Crippen molar-refractivity contribution in [2.24, 2.45) is 11.3 Å². The molecule has 0 radical (unpaired) electrons. The zero-order valence-electron chi connectivity index (χ0n) is 11.9. The maximum atomic E-state index is 13.7. The maximum absolute atomic E-state index is 13.7. The van der Waals surface area contributed by atoms with Crippen LogP contribution in [0.1, 0.15) is 18.4 Å². The highest BCUT2D eigenvalue weighted by molar-refractivity contribution is 5.50. The van der Waals surface area contributed by atoms with Gasteiger partial charge in [-0.15, -0.1) is 0 Å². The summed E-state index contributed by atoms with van der Waals surface area (Å²) < 4.78 is 13.7. The minimum Gasteiger partial charge on any atom is -0.368 e. The van der Waals surface area contributed by atoms with Gasteiger partial charge in [0.15, 0.2) is 5.82 Å². The van der Waals surface area contributed by atoms with Gasteiger partial charge in [0.1, 0.15) is 0 Å². The first kappa shape index (κ1) is 12.7.